The number of benzene rings is 2. The molecular weight excluding hydrogens is 466 g/mol. The van der Waals surface area contributed by atoms with Crippen molar-refractivity contribution in [3.63, 3.8) is 0 Å². The summed E-state index contributed by atoms with van der Waals surface area (Å²) in [6, 6.07) is 16.2. The Hall–Kier alpha value is -4.01. The van der Waals surface area contributed by atoms with Crippen LogP contribution in [0.15, 0.2) is 71.5 Å². The van der Waals surface area contributed by atoms with E-state index in [9.17, 15) is 23.2 Å². The number of fused-ring (bicyclic) bond motifs is 4. The molecular formula is C27H26F2N4O3. The molecule has 3 aromatic rings. The Morgan fingerprint density at radius 1 is 0.944 bits per heavy atom. The van der Waals surface area contributed by atoms with Crippen molar-refractivity contribution in [1.29, 1.82) is 0 Å². The molecule has 1 aromatic heterocycles. The summed E-state index contributed by atoms with van der Waals surface area (Å²) in [6.45, 7) is 1.47. The van der Waals surface area contributed by atoms with Gasteiger partial charge in [-0.2, -0.15) is 0 Å². The summed E-state index contributed by atoms with van der Waals surface area (Å²) in [6.07, 6.45) is 1.12. The molecule has 2 aromatic carbocycles. The van der Waals surface area contributed by atoms with E-state index in [1.807, 2.05) is 36.4 Å². The van der Waals surface area contributed by atoms with Crippen molar-refractivity contribution in [2.24, 2.45) is 5.92 Å². The number of anilines is 1. The van der Waals surface area contributed by atoms with E-state index in [-0.39, 0.29) is 35.5 Å². The van der Waals surface area contributed by atoms with E-state index < -0.39 is 23.6 Å². The van der Waals surface area contributed by atoms with Crippen molar-refractivity contribution in [2.45, 2.75) is 31.3 Å². The summed E-state index contributed by atoms with van der Waals surface area (Å²) in [5.41, 5.74) is 1.83. The highest BCUT2D eigenvalue weighted by Crippen LogP contribution is 2.34. The third-order valence-electron chi connectivity index (χ3n) is 6.85. The third kappa shape index (κ3) is 5.00. The normalized spacial score (nSPS) is 19.2. The molecule has 0 aliphatic carbocycles. The molecule has 186 valence electrons. The van der Waals surface area contributed by atoms with E-state index in [4.69, 9.17) is 0 Å². The number of nitrogens with zero attached hydrogens (tertiary/aromatic N) is 2. The number of halogens is 2. The molecule has 7 nitrogen and oxygen atoms in total. The van der Waals surface area contributed by atoms with Crippen molar-refractivity contribution < 1.29 is 18.4 Å². The minimum atomic E-state index is -1.07. The monoisotopic (exact) mass is 492 g/mol. The predicted octanol–water partition coefficient (Wildman–Crippen LogP) is 3.51. The fourth-order valence-corrected chi connectivity index (χ4v) is 5.16. The van der Waals surface area contributed by atoms with Gasteiger partial charge in [-0.05, 0) is 36.1 Å². The van der Waals surface area contributed by atoms with Crippen LogP contribution in [0.25, 0.3) is 0 Å². The summed E-state index contributed by atoms with van der Waals surface area (Å²) < 4.78 is 28.7. The van der Waals surface area contributed by atoms with Gasteiger partial charge in [0.1, 0.15) is 6.04 Å². The van der Waals surface area contributed by atoms with Gasteiger partial charge in [0.2, 0.25) is 5.91 Å². The average molecular weight is 493 g/mol. The van der Waals surface area contributed by atoms with E-state index in [0.29, 0.717) is 19.6 Å². The Balaban J connectivity index is 1.33. The number of nitrogens with one attached hydrogen (secondary N) is 2. The first-order valence-corrected chi connectivity index (χ1v) is 11.9. The zero-order valence-corrected chi connectivity index (χ0v) is 19.5. The van der Waals surface area contributed by atoms with E-state index in [0.717, 1.165) is 29.8 Å². The smallest absolute Gasteiger partial charge is 0.318 e. The zero-order chi connectivity index (χ0) is 25.2. The molecule has 0 radical (unpaired) electrons. The van der Waals surface area contributed by atoms with Crippen LogP contribution in [0.1, 0.15) is 23.6 Å². The second-order valence-corrected chi connectivity index (χ2v) is 9.41. The molecule has 5 rings (SSSR count). The van der Waals surface area contributed by atoms with E-state index >= 15 is 0 Å². The lowest BCUT2D eigenvalue weighted by molar-refractivity contribution is -0.118. The molecule has 1 fully saturated rings. The fraction of sp³-hybridized carbons (Fsp3) is 0.296. The molecule has 2 aliphatic heterocycles. The molecule has 2 bridgehead atoms. The maximum atomic E-state index is 13.6. The lowest BCUT2D eigenvalue weighted by Gasteiger charge is -2.43. The first kappa shape index (κ1) is 23.7. The number of rotatable bonds is 5. The number of likely N-dealkylation sites (tertiary alicyclic amines) is 1. The maximum absolute atomic E-state index is 13.6. The molecule has 9 heteroatoms. The van der Waals surface area contributed by atoms with Crippen molar-refractivity contribution in [3.05, 3.63) is 100.0 Å². The molecule has 3 unspecified atom stereocenters. The standard InChI is InChI=1S/C27H26F2N4O3/c28-21-10-9-20(13-22(21)29)30-26(35)23(12-17-5-2-1-3-6-17)31-27(36)32-14-18-11-19(16-32)24-7-4-8-25(34)33(24)15-18/h1-10,13,18-19,23H,11-12,14-16H2,(H,30,35)(H,31,36). The Bertz CT molecular complexity index is 1340. The van der Waals surface area contributed by atoms with Crippen molar-refractivity contribution in [3.8, 4) is 0 Å². The lowest BCUT2D eigenvalue weighted by atomic mass is 9.83. The Labute approximate surface area is 206 Å². The van der Waals surface area contributed by atoms with Crippen molar-refractivity contribution in [1.82, 2.24) is 14.8 Å². The van der Waals surface area contributed by atoms with Crippen LogP contribution in [0.3, 0.4) is 0 Å². The van der Waals surface area contributed by atoms with Crippen LogP contribution in [0, 0.1) is 17.6 Å². The van der Waals surface area contributed by atoms with Crippen LogP contribution in [-0.4, -0.2) is 40.5 Å². The van der Waals surface area contributed by atoms with Gasteiger partial charge >= 0.3 is 6.03 Å². The second kappa shape index (κ2) is 9.93. The SMILES string of the molecule is O=C(Nc1ccc(F)c(F)c1)C(Cc1ccccc1)NC(=O)N1CC2CC(C1)c1cccc(=O)n1C2. The molecule has 2 aliphatic rings. The van der Waals surface area contributed by atoms with E-state index in [1.165, 1.54) is 6.07 Å². The quantitative estimate of drug-likeness (QED) is 0.572. The highest BCUT2D eigenvalue weighted by molar-refractivity contribution is 5.97. The molecule has 0 saturated carbocycles. The molecule has 1 saturated heterocycles. The molecule has 2 N–H and O–H groups in total. The Kier molecular flexibility index (Phi) is 6.54. The number of carbonyl (C=O) groups is 2. The molecule has 3 heterocycles. The van der Waals surface area contributed by atoms with Crippen LogP contribution in [0.5, 0.6) is 0 Å². The summed E-state index contributed by atoms with van der Waals surface area (Å²) in [7, 11) is 0. The summed E-state index contributed by atoms with van der Waals surface area (Å²) in [5, 5.41) is 5.43. The van der Waals surface area contributed by atoms with Crippen molar-refractivity contribution >= 4 is 17.6 Å². The van der Waals surface area contributed by atoms with E-state index in [1.54, 1.807) is 21.6 Å². The fourth-order valence-electron chi connectivity index (χ4n) is 5.16. The summed E-state index contributed by atoms with van der Waals surface area (Å²) in [4.78, 5) is 40.4. The minimum absolute atomic E-state index is 0.0306. The van der Waals surface area contributed by atoms with Gasteiger partial charge in [0.25, 0.3) is 5.56 Å². The molecule has 3 atom stereocenters. The topological polar surface area (TPSA) is 83.4 Å². The van der Waals surface area contributed by atoms with Crippen molar-refractivity contribution in [2.75, 3.05) is 18.4 Å². The molecule has 0 spiro atoms. The van der Waals surface area contributed by atoms with Gasteiger partial charge in [-0.3, -0.25) is 9.59 Å². The summed E-state index contributed by atoms with van der Waals surface area (Å²) >= 11 is 0. The van der Waals surface area contributed by atoms with Crippen LogP contribution in [-0.2, 0) is 17.8 Å². The highest BCUT2D eigenvalue weighted by Gasteiger charge is 2.37. The Morgan fingerprint density at radius 2 is 1.75 bits per heavy atom. The molecule has 36 heavy (non-hydrogen) atoms. The zero-order valence-electron chi connectivity index (χ0n) is 19.5. The predicted molar refractivity (Wildman–Crippen MR) is 131 cm³/mol. The van der Waals surface area contributed by atoms with Gasteiger partial charge < -0.3 is 20.1 Å². The maximum Gasteiger partial charge on any atom is 0.318 e. The number of pyridine rings is 1. The second-order valence-electron chi connectivity index (χ2n) is 9.41. The Morgan fingerprint density at radius 3 is 2.53 bits per heavy atom. The number of hydrogen-bond donors (Lipinski definition) is 2. The first-order valence-electron chi connectivity index (χ1n) is 11.9. The molecule has 3 amide bonds. The number of amides is 3. The lowest BCUT2D eigenvalue weighted by Crippen LogP contribution is -2.55. The van der Waals surface area contributed by atoms with Crippen LogP contribution < -0.4 is 16.2 Å². The van der Waals surface area contributed by atoms with Gasteiger partial charge in [-0.25, -0.2) is 13.6 Å². The number of hydrogen-bond acceptors (Lipinski definition) is 3. The van der Waals surface area contributed by atoms with Crippen LogP contribution in [0.4, 0.5) is 19.3 Å². The number of carbonyl (C=O) groups excluding carboxylic acids is 2. The number of piperidine rings is 1. The average Bonchev–Trinajstić information content (AvgIpc) is 2.87. The van der Waals surface area contributed by atoms with Gasteiger partial charge in [-0.15, -0.1) is 0 Å². The van der Waals surface area contributed by atoms with Crippen LogP contribution >= 0.6 is 0 Å². The number of urea groups is 1. The van der Waals surface area contributed by atoms with Gasteiger partial charge in [0.15, 0.2) is 11.6 Å². The van der Waals surface area contributed by atoms with E-state index in [2.05, 4.69) is 10.6 Å². The minimum Gasteiger partial charge on any atom is -0.326 e. The summed E-state index contributed by atoms with van der Waals surface area (Å²) in [5.74, 6) is -2.43. The van der Waals surface area contributed by atoms with Gasteiger partial charge in [0, 0.05) is 55.5 Å². The first-order chi connectivity index (χ1) is 17.4. The largest absolute Gasteiger partial charge is 0.326 e. The highest BCUT2D eigenvalue weighted by atomic mass is 19.2. The van der Waals surface area contributed by atoms with Crippen LogP contribution in [0.2, 0.25) is 0 Å². The van der Waals surface area contributed by atoms with Gasteiger partial charge in [-0.1, -0.05) is 36.4 Å². The third-order valence-corrected chi connectivity index (χ3v) is 6.85. The van der Waals surface area contributed by atoms with Gasteiger partial charge in [0.05, 0.1) is 0 Å². The number of aromatic nitrogens is 1.